The molecular formula is C25H23ClN4O3. The monoisotopic (exact) mass is 462 g/mol. The highest BCUT2D eigenvalue weighted by Gasteiger charge is 2.21. The van der Waals surface area contributed by atoms with Gasteiger partial charge in [-0.15, -0.1) is 0 Å². The average Bonchev–Trinajstić information content (AvgIpc) is 3.25. The minimum Gasteiger partial charge on any atom is -0.361 e. The van der Waals surface area contributed by atoms with Crippen LogP contribution in [0.4, 0.5) is 11.4 Å². The first-order valence-electron chi connectivity index (χ1n) is 10.5. The zero-order chi connectivity index (χ0) is 23.4. The number of hydrogen-bond donors (Lipinski definition) is 3. The predicted molar refractivity (Wildman–Crippen MR) is 131 cm³/mol. The lowest BCUT2D eigenvalue weighted by molar-refractivity contribution is -0.384. The summed E-state index contributed by atoms with van der Waals surface area (Å²) in [6.07, 6.45) is 2.01. The fourth-order valence-electron chi connectivity index (χ4n) is 3.83. The number of non-ortho nitro benzene ring substituents is 1. The van der Waals surface area contributed by atoms with Crippen LogP contribution in [0.15, 0.2) is 79.0 Å². The molecule has 3 aromatic carbocycles. The van der Waals surface area contributed by atoms with Crippen LogP contribution in [0, 0.1) is 10.1 Å². The Labute approximate surface area is 195 Å². The van der Waals surface area contributed by atoms with Gasteiger partial charge in [-0.2, -0.15) is 0 Å². The summed E-state index contributed by atoms with van der Waals surface area (Å²) in [7, 11) is 0. The van der Waals surface area contributed by atoms with Crippen LogP contribution in [0.2, 0.25) is 5.02 Å². The van der Waals surface area contributed by atoms with Crippen molar-refractivity contribution in [3.05, 3.63) is 105 Å². The van der Waals surface area contributed by atoms with Crippen LogP contribution in [-0.2, 0) is 4.79 Å². The molecule has 2 atom stereocenters. The van der Waals surface area contributed by atoms with Crippen molar-refractivity contribution in [1.82, 2.24) is 10.3 Å². The highest BCUT2D eigenvalue weighted by molar-refractivity contribution is 6.33. The number of halogens is 1. The van der Waals surface area contributed by atoms with Gasteiger partial charge in [0.05, 0.1) is 21.7 Å². The standard InChI is InChI=1S/C25H23ClN4O3/c1-16(25(31)29-24-13-18(30(32)33)11-12-22(24)26)27-14-20(17-7-3-2-4-8-17)21-15-28-23-10-6-5-9-19(21)23/h2-13,15-16,20,27-28H,14H2,1H3,(H,29,31). The summed E-state index contributed by atoms with van der Waals surface area (Å²) < 4.78 is 0. The fraction of sp³-hybridized carbons (Fsp3) is 0.160. The largest absolute Gasteiger partial charge is 0.361 e. The first-order valence-corrected chi connectivity index (χ1v) is 10.9. The van der Waals surface area contributed by atoms with Gasteiger partial charge in [0.25, 0.3) is 5.69 Å². The van der Waals surface area contributed by atoms with Gasteiger partial charge in [0.15, 0.2) is 0 Å². The van der Waals surface area contributed by atoms with Gasteiger partial charge < -0.3 is 15.6 Å². The smallest absolute Gasteiger partial charge is 0.271 e. The van der Waals surface area contributed by atoms with Crippen molar-refractivity contribution in [3.8, 4) is 0 Å². The van der Waals surface area contributed by atoms with E-state index in [0.717, 1.165) is 22.0 Å². The lowest BCUT2D eigenvalue weighted by Gasteiger charge is -2.21. The second-order valence-corrected chi connectivity index (χ2v) is 8.20. The molecule has 0 aliphatic rings. The first-order chi connectivity index (χ1) is 15.9. The number of benzene rings is 3. The fourth-order valence-corrected chi connectivity index (χ4v) is 3.99. The van der Waals surface area contributed by atoms with Gasteiger partial charge >= 0.3 is 0 Å². The molecule has 7 nitrogen and oxygen atoms in total. The molecule has 8 heteroatoms. The third-order valence-electron chi connectivity index (χ3n) is 5.64. The van der Waals surface area contributed by atoms with E-state index in [1.165, 1.54) is 18.2 Å². The number of carbonyl (C=O) groups excluding carboxylic acids is 1. The van der Waals surface area contributed by atoms with E-state index in [1.807, 2.05) is 42.6 Å². The summed E-state index contributed by atoms with van der Waals surface area (Å²) in [5.74, 6) is -0.317. The molecule has 4 rings (SSSR count). The summed E-state index contributed by atoms with van der Waals surface area (Å²) >= 11 is 6.12. The predicted octanol–water partition coefficient (Wildman–Crippen LogP) is 5.48. The van der Waals surface area contributed by atoms with Crippen LogP contribution < -0.4 is 10.6 Å². The summed E-state index contributed by atoms with van der Waals surface area (Å²) in [6, 6.07) is 21.6. The molecule has 2 unspecified atom stereocenters. The molecular weight excluding hydrogens is 440 g/mol. The van der Waals surface area contributed by atoms with Crippen molar-refractivity contribution in [1.29, 1.82) is 0 Å². The number of hydrogen-bond acceptors (Lipinski definition) is 4. The van der Waals surface area contributed by atoms with Gasteiger partial charge in [-0.25, -0.2) is 0 Å². The second kappa shape index (κ2) is 9.85. The maximum atomic E-state index is 12.8. The highest BCUT2D eigenvalue weighted by atomic mass is 35.5. The molecule has 0 aliphatic heterocycles. The number of nitrogens with one attached hydrogen (secondary N) is 3. The Kier molecular flexibility index (Phi) is 6.72. The molecule has 0 saturated heterocycles. The number of para-hydroxylation sites is 1. The number of aromatic nitrogens is 1. The minimum atomic E-state index is -0.559. The maximum Gasteiger partial charge on any atom is 0.271 e. The van der Waals surface area contributed by atoms with Gasteiger partial charge in [-0.3, -0.25) is 14.9 Å². The van der Waals surface area contributed by atoms with Crippen LogP contribution in [0.1, 0.15) is 24.0 Å². The number of nitro benzene ring substituents is 1. The number of fused-ring (bicyclic) bond motifs is 1. The molecule has 1 heterocycles. The molecule has 0 aliphatic carbocycles. The molecule has 1 aromatic heterocycles. The summed E-state index contributed by atoms with van der Waals surface area (Å²) in [5, 5.41) is 18.4. The molecule has 33 heavy (non-hydrogen) atoms. The van der Waals surface area contributed by atoms with E-state index in [0.29, 0.717) is 6.54 Å². The van der Waals surface area contributed by atoms with Crippen LogP contribution in [-0.4, -0.2) is 28.4 Å². The molecule has 0 fully saturated rings. The quantitative estimate of drug-likeness (QED) is 0.238. The average molecular weight is 463 g/mol. The summed E-state index contributed by atoms with van der Waals surface area (Å²) in [4.78, 5) is 26.6. The SMILES string of the molecule is CC(NCC(c1ccccc1)c1c[nH]c2ccccc12)C(=O)Nc1cc([N+](=O)[O-])ccc1Cl. The lowest BCUT2D eigenvalue weighted by Crippen LogP contribution is -2.40. The number of nitrogens with zero attached hydrogens (tertiary/aromatic N) is 1. The van der Waals surface area contributed by atoms with Gasteiger partial charge in [-0.05, 0) is 30.2 Å². The molecule has 0 bridgehead atoms. The van der Waals surface area contributed by atoms with E-state index < -0.39 is 11.0 Å². The molecule has 3 N–H and O–H groups in total. The Bertz CT molecular complexity index is 1290. The molecule has 0 spiro atoms. The number of carbonyl (C=O) groups is 1. The van der Waals surface area contributed by atoms with E-state index in [-0.39, 0.29) is 28.2 Å². The maximum absolute atomic E-state index is 12.8. The van der Waals surface area contributed by atoms with Crippen molar-refractivity contribution < 1.29 is 9.72 Å². The van der Waals surface area contributed by atoms with E-state index >= 15 is 0 Å². The first kappa shape index (κ1) is 22.5. The van der Waals surface area contributed by atoms with Gasteiger partial charge in [0.2, 0.25) is 5.91 Å². The number of amides is 1. The minimum absolute atomic E-state index is 0.0130. The van der Waals surface area contributed by atoms with E-state index in [4.69, 9.17) is 11.6 Å². The number of aromatic amines is 1. The zero-order valence-corrected chi connectivity index (χ0v) is 18.7. The third-order valence-corrected chi connectivity index (χ3v) is 5.97. The number of rotatable bonds is 8. The van der Waals surface area contributed by atoms with Gasteiger partial charge in [0, 0.05) is 41.7 Å². The Morgan fingerprint density at radius 1 is 1.09 bits per heavy atom. The molecule has 168 valence electrons. The molecule has 0 saturated carbocycles. The highest BCUT2D eigenvalue weighted by Crippen LogP contribution is 2.31. The van der Waals surface area contributed by atoms with Gasteiger partial charge in [0.1, 0.15) is 0 Å². The Morgan fingerprint density at radius 3 is 2.58 bits per heavy atom. The third kappa shape index (κ3) is 5.05. The normalized spacial score (nSPS) is 12.9. The molecule has 1 amide bonds. The Hall–Kier alpha value is -3.68. The van der Waals surface area contributed by atoms with E-state index in [9.17, 15) is 14.9 Å². The van der Waals surface area contributed by atoms with Crippen LogP contribution in [0.5, 0.6) is 0 Å². The van der Waals surface area contributed by atoms with Crippen molar-refractivity contribution in [2.24, 2.45) is 0 Å². The molecule has 4 aromatic rings. The number of H-pyrrole nitrogens is 1. The van der Waals surface area contributed by atoms with Crippen molar-refractivity contribution in [2.45, 2.75) is 18.9 Å². The van der Waals surface area contributed by atoms with Crippen LogP contribution in [0.25, 0.3) is 10.9 Å². The van der Waals surface area contributed by atoms with Crippen LogP contribution >= 0.6 is 11.6 Å². The van der Waals surface area contributed by atoms with Crippen LogP contribution in [0.3, 0.4) is 0 Å². The van der Waals surface area contributed by atoms with Crippen molar-refractivity contribution in [3.63, 3.8) is 0 Å². The Morgan fingerprint density at radius 2 is 1.82 bits per heavy atom. The zero-order valence-electron chi connectivity index (χ0n) is 17.9. The molecule has 0 radical (unpaired) electrons. The van der Waals surface area contributed by atoms with E-state index in [2.05, 4.69) is 33.8 Å². The number of anilines is 1. The number of nitro groups is 1. The van der Waals surface area contributed by atoms with Gasteiger partial charge in [-0.1, -0.05) is 60.1 Å². The van der Waals surface area contributed by atoms with E-state index in [1.54, 1.807) is 6.92 Å². The second-order valence-electron chi connectivity index (χ2n) is 7.79. The lowest BCUT2D eigenvalue weighted by atomic mass is 9.90. The van der Waals surface area contributed by atoms with Crippen molar-refractivity contribution >= 4 is 39.8 Å². The van der Waals surface area contributed by atoms with Crippen molar-refractivity contribution in [2.75, 3.05) is 11.9 Å². The summed E-state index contributed by atoms with van der Waals surface area (Å²) in [5.41, 5.74) is 3.39. The Balaban J connectivity index is 1.52. The summed E-state index contributed by atoms with van der Waals surface area (Å²) in [6.45, 7) is 2.26. The topological polar surface area (TPSA) is 100 Å².